The van der Waals surface area contributed by atoms with Gasteiger partial charge in [-0.1, -0.05) is 17.7 Å². The Bertz CT molecular complexity index is 591. The van der Waals surface area contributed by atoms with Crippen LogP contribution in [0.25, 0.3) is 5.69 Å². The van der Waals surface area contributed by atoms with Crippen LogP contribution in [0, 0.1) is 0 Å². The Kier molecular flexibility index (Phi) is 2.37. The van der Waals surface area contributed by atoms with E-state index in [-0.39, 0.29) is 5.91 Å². The van der Waals surface area contributed by atoms with Gasteiger partial charge in [0.15, 0.2) is 0 Å². The van der Waals surface area contributed by atoms with Crippen molar-refractivity contribution < 1.29 is 4.79 Å². The van der Waals surface area contributed by atoms with Crippen LogP contribution in [0.1, 0.15) is 16.1 Å². The summed E-state index contributed by atoms with van der Waals surface area (Å²) in [5, 5.41) is 7.86. The van der Waals surface area contributed by atoms with Crippen LogP contribution < -0.4 is 5.32 Å². The zero-order valence-electron chi connectivity index (χ0n) is 8.98. The highest BCUT2D eigenvalue weighted by atomic mass is 35.5. The SMILES string of the molecule is O=C1NCCc2nn(-c3cccc(Cl)c3)cc21. The number of aromatic nitrogens is 2. The summed E-state index contributed by atoms with van der Waals surface area (Å²) in [4.78, 5) is 11.6. The van der Waals surface area contributed by atoms with E-state index in [1.165, 1.54) is 0 Å². The fourth-order valence-corrected chi connectivity index (χ4v) is 2.11. The minimum absolute atomic E-state index is 0.0560. The van der Waals surface area contributed by atoms with Crippen LogP contribution in [-0.4, -0.2) is 22.2 Å². The molecule has 0 radical (unpaired) electrons. The molecular weight excluding hydrogens is 238 g/mol. The van der Waals surface area contributed by atoms with E-state index in [0.717, 1.165) is 17.8 Å². The van der Waals surface area contributed by atoms with E-state index in [0.29, 0.717) is 17.1 Å². The molecule has 0 spiro atoms. The van der Waals surface area contributed by atoms with Crippen LogP contribution in [0.2, 0.25) is 5.02 Å². The summed E-state index contributed by atoms with van der Waals surface area (Å²) < 4.78 is 1.70. The monoisotopic (exact) mass is 247 g/mol. The molecule has 1 aliphatic rings. The van der Waals surface area contributed by atoms with E-state index < -0.39 is 0 Å². The van der Waals surface area contributed by atoms with Crippen molar-refractivity contribution in [3.05, 3.63) is 46.7 Å². The van der Waals surface area contributed by atoms with E-state index >= 15 is 0 Å². The maximum Gasteiger partial charge on any atom is 0.254 e. The fraction of sp³-hybridized carbons (Fsp3) is 0.167. The maximum absolute atomic E-state index is 11.6. The van der Waals surface area contributed by atoms with Gasteiger partial charge in [-0.2, -0.15) is 5.10 Å². The predicted octanol–water partition coefficient (Wildman–Crippen LogP) is 1.81. The van der Waals surface area contributed by atoms with E-state index in [1.54, 1.807) is 16.9 Å². The summed E-state index contributed by atoms with van der Waals surface area (Å²) in [6, 6.07) is 7.39. The summed E-state index contributed by atoms with van der Waals surface area (Å²) in [6.07, 6.45) is 2.52. The Balaban J connectivity index is 2.08. The first-order valence-electron chi connectivity index (χ1n) is 5.37. The highest BCUT2D eigenvalue weighted by Crippen LogP contribution is 2.18. The molecule has 0 fully saturated rings. The molecule has 0 atom stereocenters. The second kappa shape index (κ2) is 3.89. The summed E-state index contributed by atoms with van der Waals surface area (Å²) in [5.74, 6) is -0.0560. The fourth-order valence-electron chi connectivity index (χ4n) is 1.92. The number of fused-ring (bicyclic) bond motifs is 1. The van der Waals surface area contributed by atoms with E-state index in [2.05, 4.69) is 10.4 Å². The van der Waals surface area contributed by atoms with E-state index in [4.69, 9.17) is 11.6 Å². The number of rotatable bonds is 1. The quantitative estimate of drug-likeness (QED) is 0.836. The number of halogens is 1. The molecule has 4 nitrogen and oxygen atoms in total. The zero-order chi connectivity index (χ0) is 11.8. The second-order valence-corrected chi connectivity index (χ2v) is 4.36. The van der Waals surface area contributed by atoms with Gasteiger partial charge in [0.05, 0.1) is 16.9 Å². The second-order valence-electron chi connectivity index (χ2n) is 3.92. The Labute approximate surface area is 103 Å². The van der Waals surface area contributed by atoms with Gasteiger partial charge < -0.3 is 5.32 Å². The summed E-state index contributed by atoms with van der Waals surface area (Å²) in [7, 11) is 0. The molecule has 0 unspecified atom stereocenters. The number of nitrogens with one attached hydrogen (secondary N) is 1. The molecule has 5 heteroatoms. The van der Waals surface area contributed by atoms with Crippen molar-refractivity contribution in [3.63, 3.8) is 0 Å². The molecule has 86 valence electrons. The molecule has 1 amide bonds. The third-order valence-electron chi connectivity index (χ3n) is 2.76. The topological polar surface area (TPSA) is 46.9 Å². The smallest absolute Gasteiger partial charge is 0.254 e. The minimum Gasteiger partial charge on any atom is -0.352 e. The van der Waals surface area contributed by atoms with Crippen molar-refractivity contribution in [1.82, 2.24) is 15.1 Å². The lowest BCUT2D eigenvalue weighted by Gasteiger charge is -2.09. The predicted molar refractivity (Wildman–Crippen MR) is 64.6 cm³/mol. The van der Waals surface area contributed by atoms with Gasteiger partial charge >= 0.3 is 0 Å². The Morgan fingerprint density at radius 3 is 3.06 bits per heavy atom. The van der Waals surface area contributed by atoms with Gasteiger partial charge in [-0.25, -0.2) is 4.68 Å². The van der Waals surface area contributed by atoms with Crippen LogP contribution in [0.5, 0.6) is 0 Å². The summed E-state index contributed by atoms with van der Waals surface area (Å²) >= 11 is 5.93. The molecule has 1 N–H and O–H groups in total. The molecule has 1 aromatic heterocycles. The molecule has 1 aliphatic heterocycles. The van der Waals surface area contributed by atoms with Gasteiger partial charge in [-0.3, -0.25) is 4.79 Å². The van der Waals surface area contributed by atoms with Crippen molar-refractivity contribution in [2.75, 3.05) is 6.54 Å². The highest BCUT2D eigenvalue weighted by Gasteiger charge is 2.20. The molecule has 3 rings (SSSR count). The third kappa shape index (κ3) is 1.80. The average Bonchev–Trinajstić information content (AvgIpc) is 2.74. The van der Waals surface area contributed by atoms with E-state index in [9.17, 15) is 4.79 Å². The van der Waals surface area contributed by atoms with Crippen molar-refractivity contribution in [2.45, 2.75) is 6.42 Å². The molecule has 0 aliphatic carbocycles. The first kappa shape index (κ1) is 10.4. The van der Waals surface area contributed by atoms with Gasteiger partial charge in [-0.15, -0.1) is 0 Å². The molecule has 2 aromatic rings. The zero-order valence-corrected chi connectivity index (χ0v) is 9.74. The van der Waals surface area contributed by atoms with Crippen LogP contribution in [0.3, 0.4) is 0 Å². The largest absolute Gasteiger partial charge is 0.352 e. The molecule has 2 heterocycles. The highest BCUT2D eigenvalue weighted by molar-refractivity contribution is 6.30. The molecule has 1 aromatic carbocycles. The molecule has 0 bridgehead atoms. The summed E-state index contributed by atoms with van der Waals surface area (Å²) in [6.45, 7) is 0.651. The van der Waals surface area contributed by atoms with Crippen molar-refractivity contribution in [2.24, 2.45) is 0 Å². The molecular formula is C12H10ClN3O. The number of nitrogens with zero attached hydrogens (tertiary/aromatic N) is 2. The van der Waals surface area contributed by atoms with Crippen LogP contribution in [0.4, 0.5) is 0 Å². The average molecular weight is 248 g/mol. The number of hydrogen-bond donors (Lipinski definition) is 1. The lowest BCUT2D eigenvalue weighted by molar-refractivity contribution is 0.0946. The molecule has 0 saturated heterocycles. The van der Waals surface area contributed by atoms with Gasteiger partial charge in [0.25, 0.3) is 5.91 Å². The summed E-state index contributed by atoms with van der Waals surface area (Å²) in [5.41, 5.74) is 2.35. The molecule has 17 heavy (non-hydrogen) atoms. The van der Waals surface area contributed by atoms with Crippen LogP contribution in [-0.2, 0) is 6.42 Å². The lowest BCUT2D eigenvalue weighted by Crippen LogP contribution is -2.31. The molecule has 0 saturated carbocycles. The van der Waals surface area contributed by atoms with Gasteiger partial charge in [0, 0.05) is 24.2 Å². The normalized spacial score (nSPS) is 14.3. The lowest BCUT2D eigenvalue weighted by atomic mass is 10.1. The van der Waals surface area contributed by atoms with Gasteiger partial charge in [-0.05, 0) is 18.2 Å². The number of hydrogen-bond acceptors (Lipinski definition) is 2. The Morgan fingerprint density at radius 2 is 2.29 bits per heavy atom. The van der Waals surface area contributed by atoms with Gasteiger partial charge in [0.1, 0.15) is 0 Å². The minimum atomic E-state index is -0.0560. The number of benzene rings is 1. The Morgan fingerprint density at radius 1 is 1.41 bits per heavy atom. The standard InChI is InChI=1S/C12H10ClN3O/c13-8-2-1-3-9(6-8)16-7-10-11(15-16)4-5-14-12(10)17/h1-3,6-7H,4-5H2,(H,14,17). The maximum atomic E-state index is 11.6. The number of carbonyl (C=O) groups excluding carboxylic acids is 1. The first-order chi connectivity index (χ1) is 8.24. The number of amides is 1. The van der Waals surface area contributed by atoms with Crippen molar-refractivity contribution in [1.29, 1.82) is 0 Å². The van der Waals surface area contributed by atoms with Crippen molar-refractivity contribution in [3.8, 4) is 5.69 Å². The van der Waals surface area contributed by atoms with Crippen LogP contribution in [0.15, 0.2) is 30.5 Å². The first-order valence-corrected chi connectivity index (χ1v) is 5.74. The van der Waals surface area contributed by atoms with Crippen molar-refractivity contribution >= 4 is 17.5 Å². The Hall–Kier alpha value is -1.81. The van der Waals surface area contributed by atoms with E-state index in [1.807, 2.05) is 18.2 Å². The van der Waals surface area contributed by atoms with Crippen LogP contribution >= 0.6 is 11.6 Å². The third-order valence-corrected chi connectivity index (χ3v) is 2.99. The van der Waals surface area contributed by atoms with Gasteiger partial charge in [0.2, 0.25) is 0 Å². The number of carbonyl (C=O) groups is 1.